The van der Waals surface area contributed by atoms with Gasteiger partial charge in [0.1, 0.15) is 23.2 Å². The Labute approximate surface area is 431 Å². The number of aromatic amines is 2. The van der Waals surface area contributed by atoms with Gasteiger partial charge in [-0.2, -0.15) is 9.97 Å². The van der Waals surface area contributed by atoms with Crippen LogP contribution in [0.5, 0.6) is 0 Å². The molecular formula is C42H48CaN14O14. The number of nitrogens with zero attached hydrogens (tertiary/aromatic N) is 4. The minimum Gasteiger partial charge on any atom is -0.547 e. The van der Waals surface area contributed by atoms with Crippen molar-refractivity contribution >= 4 is 133 Å². The Hall–Kier alpha value is -7.98. The number of anilines is 8. The molecule has 4 unspecified atom stereocenters. The molecule has 0 bridgehead atoms. The molecule has 2 aliphatic heterocycles. The minimum atomic E-state index is -2.00. The Kier molecular flexibility index (Phi) is 18.8. The second kappa shape index (κ2) is 24.0. The van der Waals surface area contributed by atoms with Crippen LogP contribution in [-0.2, 0) is 28.8 Å². The maximum atomic E-state index is 12.4. The van der Waals surface area contributed by atoms with Crippen LogP contribution in [0.25, 0.3) is 0 Å². The zero-order chi connectivity index (χ0) is 51.5. The van der Waals surface area contributed by atoms with Crippen LogP contribution in [0.1, 0.15) is 60.2 Å². The predicted octanol–water partition coefficient (Wildman–Crippen LogP) is -3.73. The summed E-state index contributed by atoms with van der Waals surface area (Å²) in [6.45, 7) is 2.20. The maximum Gasteiger partial charge on any atom is 2.00 e. The van der Waals surface area contributed by atoms with Crippen LogP contribution in [-0.4, -0.2) is 166 Å². The van der Waals surface area contributed by atoms with Crippen LogP contribution < -0.4 is 74.5 Å². The first-order valence-electron chi connectivity index (χ1n) is 21.2. The number of carboxylic acid groups (broad SMARTS) is 4. The van der Waals surface area contributed by atoms with E-state index in [2.05, 4.69) is 51.8 Å². The van der Waals surface area contributed by atoms with Crippen molar-refractivity contribution in [2.45, 2.75) is 62.7 Å². The van der Waals surface area contributed by atoms with E-state index in [0.29, 0.717) is 24.2 Å². The molecule has 29 heteroatoms. The van der Waals surface area contributed by atoms with Gasteiger partial charge in [-0.1, -0.05) is 26.7 Å². The second-order valence-electron chi connectivity index (χ2n) is 15.8. The molecule has 4 atom stereocenters. The van der Waals surface area contributed by atoms with Gasteiger partial charge in [-0.05, 0) is 61.4 Å². The van der Waals surface area contributed by atoms with Gasteiger partial charge in [0.2, 0.25) is 24.7 Å². The van der Waals surface area contributed by atoms with Gasteiger partial charge in [0.15, 0.2) is 23.0 Å². The molecule has 2 aromatic heterocycles. The van der Waals surface area contributed by atoms with Gasteiger partial charge in [0.05, 0.1) is 11.9 Å². The number of carboxylic acids is 4. The Morgan fingerprint density at radius 3 is 1.30 bits per heavy atom. The summed E-state index contributed by atoms with van der Waals surface area (Å²) in [5.41, 5.74) is 5.96. The van der Waals surface area contributed by atoms with Gasteiger partial charge in [-0.25, -0.2) is 9.59 Å². The normalized spacial score (nSPS) is 17.2. The van der Waals surface area contributed by atoms with E-state index in [9.17, 15) is 68.4 Å². The molecule has 372 valence electrons. The third kappa shape index (κ3) is 12.4. The van der Waals surface area contributed by atoms with E-state index in [4.69, 9.17) is 11.5 Å². The molecule has 4 amide bonds. The van der Waals surface area contributed by atoms with Gasteiger partial charge in [0, 0.05) is 48.7 Å². The van der Waals surface area contributed by atoms with Crippen LogP contribution in [0, 0.1) is 0 Å². The molecule has 0 spiro atoms. The number of hydrogen-bond donors (Lipinski definition) is 12. The Morgan fingerprint density at radius 1 is 0.676 bits per heavy atom. The van der Waals surface area contributed by atoms with Crippen LogP contribution in [0.2, 0.25) is 0 Å². The van der Waals surface area contributed by atoms with Crippen molar-refractivity contribution in [3.63, 3.8) is 0 Å². The summed E-state index contributed by atoms with van der Waals surface area (Å²) in [4.78, 5) is 134. The Morgan fingerprint density at radius 2 is 1.01 bits per heavy atom. The number of nitrogens with one attached hydrogen (secondary N) is 8. The standard InChI is InChI=1S/2C21H25N7O7.Ca/c2*1-2-3-13(18(32)33)25-16(30)11-4-6-12(7-5-11)23-8-21(19(34)35)9-24-15-14(28(21)10-29)17(31)27-20(22)26-15;/h2*4-7,10,13,23H,2-3,8-9H2,1H3,(H,25,30)(H,32,33)(H,34,35)(H4,22,24,26,27,31);/q;;+2/p-2. The van der Waals surface area contributed by atoms with Crippen molar-refractivity contribution < 1.29 is 58.8 Å². The summed E-state index contributed by atoms with van der Waals surface area (Å²) in [7, 11) is 0. The molecule has 0 fully saturated rings. The number of carbonyl (C=O) groups is 8. The van der Waals surface area contributed by atoms with Crippen molar-refractivity contribution in [2.24, 2.45) is 0 Å². The molecule has 4 heterocycles. The van der Waals surface area contributed by atoms with E-state index >= 15 is 0 Å². The third-order valence-electron chi connectivity index (χ3n) is 11.1. The number of nitrogens with two attached hydrogens (primary N) is 2. The first kappa shape index (κ1) is 55.6. The van der Waals surface area contributed by atoms with E-state index in [-0.39, 0.29) is 136 Å². The zero-order valence-corrected chi connectivity index (χ0v) is 40.2. The molecule has 4 aromatic rings. The minimum absolute atomic E-state index is 0. The molecule has 0 aliphatic carbocycles. The second-order valence-corrected chi connectivity index (χ2v) is 15.8. The number of amides is 4. The van der Waals surface area contributed by atoms with E-state index < -0.39 is 70.0 Å². The molecular weight excluding hydrogens is 965 g/mol. The fourth-order valence-corrected chi connectivity index (χ4v) is 7.36. The summed E-state index contributed by atoms with van der Waals surface area (Å²) < 4.78 is 0. The van der Waals surface area contributed by atoms with Crippen molar-refractivity contribution in [3.8, 4) is 0 Å². The average Bonchev–Trinajstić information content (AvgIpc) is 3.32. The van der Waals surface area contributed by atoms with Crippen LogP contribution in [0.15, 0.2) is 58.1 Å². The van der Waals surface area contributed by atoms with Crippen molar-refractivity contribution in [2.75, 3.05) is 68.7 Å². The topological polar surface area (TPSA) is 445 Å². The van der Waals surface area contributed by atoms with Crippen LogP contribution in [0.4, 0.5) is 46.3 Å². The molecule has 2 aliphatic rings. The van der Waals surface area contributed by atoms with Crippen molar-refractivity contribution in [3.05, 3.63) is 80.4 Å². The number of rotatable bonds is 20. The predicted molar refractivity (Wildman–Crippen MR) is 251 cm³/mol. The Balaban J connectivity index is 0.000000304. The molecule has 28 nitrogen and oxygen atoms in total. The Bertz CT molecular complexity index is 2590. The van der Waals surface area contributed by atoms with E-state index in [0.717, 1.165) is 9.80 Å². The number of H-pyrrole nitrogens is 2. The number of hydrogen-bond acceptors (Lipinski definition) is 20. The number of aromatic nitrogens is 4. The average molecular weight is 1010 g/mol. The van der Waals surface area contributed by atoms with Gasteiger partial charge < -0.3 is 73.4 Å². The molecule has 0 radical (unpaired) electrons. The first-order valence-corrected chi connectivity index (χ1v) is 21.2. The molecule has 71 heavy (non-hydrogen) atoms. The van der Waals surface area contributed by atoms with Gasteiger partial charge >= 0.3 is 49.7 Å². The summed E-state index contributed by atoms with van der Waals surface area (Å²) in [5, 5.41) is 58.7. The smallest absolute Gasteiger partial charge is 0.547 e. The zero-order valence-electron chi connectivity index (χ0n) is 38.0. The van der Waals surface area contributed by atoms with E-state index in [1.54, 1.807) is 13.8 Å². The van der Waals surface area contributed by atoms with Crippen molar-refractivity contribution in [1.29, 1.82) is 0 Å². The molecule has 0 saturated heterocycles. The number of carbonyl (C=O) groups excluding carboxylic acids is 6. The van der Waals surface area contributed by atoms with E-state index in [1.165, 1.54) is 48.5 Å². The number of nitrogen functional groups attached to an aromatic ring is 2. The number of fused-ring (bicyclic) bond motifs is 2. The van der Waals surface area contributed by atoms with Gasteiger partial charge in [0.25, 0.3) is 22.9 Å². The van der Waals surface area contributed by atoms with E-state index in [1.807, 2.05) is 0 Å². The summed E-state index contributed by atoms with van der Waals surface area (Å²) >= 11 is 0. The molecule has 0 saturated carbocycles. The summed E-state index contributed by atoms with van der Waals surface area (Å²) in [6, 6.07) is 9.62. The SMILES string of the molecule is CCCC(NC(=O)c1ccc(NCC2(C(=O)[O-])CNc3nc(N)[nH]c(=O)c3N2C=O)cc1)C(=O)O.CCCC(NC(=O)c1ccc(NCC2(C(=O)[O-])CNc3nc(N)[nH]c(=O)c3N2C=O)cc1)C(=O)O.[Ca+2]. The molecule has 2 aromatic carbocycles. The third-order valence-corrected chi connectivity index (χ3v) is 11.1. The monoisotopic (exact) mass is 1010 g/mol. The largest absolute Gasteiger partial charge is 2.00 e. The quantitative estimate of drug-likeness (QED) is 0.0299. The number of aliphatic carboxylic acids is 4. The molecule has 14 N–H and O–H groups in total. The van der Waals surface area contributed by atoms with Crippen LogP contribution in [0.3, 0.4) is 0 Å². The van der Waals surface area contributed by atoms with Gasteiger partial charge in [-0.15, -0.1) is 0 Å². The van der Waals surface area contributed by atoms with Crippen LogP contribution >= 0.6 is 0 Å². The summed E-state index contributed by atoms with van der Waals surface area (Å²) in [5.74, 6) is -7.18. The van der Waals surface area contributed by atoms with Crippen molar-refractivity contribution in [1.82, 2.24) is 30.6 Å². The molecule has 6 rings (SSSR count). The van der Waals surface area contributed by atoms with Gasteiger partial charge in [-0.3, -0.25) is 48.5 Å². The fourth-order valence-electron chi connectivity index (χ4n) is 7.36. The number of benzene rings is 2. The maximum absolute atomic E-state index is 12.4. The summed E-state index contributed by atoms with van der Waals surface area (Å²) in [6.07, 6.45) is 2.11. The first-order chi connectivity index (χ1) is 33.2. The fraction of sp³-hybridized carbons (Fsp3) is 0.333.